The Morgan fingerprint density at radius 2 is 1.48 bits per heavy atom. The van der Waals surface area contributed by atoms with Crippen LogP contribution in [-0.4, -0.2) is 17.3 Å². The molecule has 0 saturated carbocycles. The van der Waals surface area contributed by atoms with Gasteiger partial charge in [0.15, 0.2) is 17.3 Å². The van der Waals surface area contributed by atoms with Crippen molar-refractivity contribution in [1.29, 1.82) is 0 Å². The molecule has 0 bridgehead atoms. The maximum atomic E-state index is 13.2. The van der Waals surface area contributed by atoms with Crippen molar-refractivity contribution in [2.75, 3.05) is 0 Å². The van der Waals surface area contributed by atoms with Crippen molar-refractivity contribution in [3.63, 3.8) is 0 Å². The average Bonchev–Trinajstić information content (AvgIpc) is 3.18. The van der Waals surface area contributed by atoms with Crippen molar-refractivity contribution in [2.45, 2.75) is 70.6 Å². The summed E-state index contributed by atoms with van der Waals surface area (Å²) in [5.74, 6) is 0.848. The van der Waals surface area contributed by atoms with E-state index >= 15 is 0 Å². The van der Waals surface area contributed by atoms with E-state index in [2.05, 4.69) is 85.1 Å². The fourth-order valence-corrected chi connectivity index (χ4v) is 7.73. The van der Waals surface area contributed by atoms with Crippen molar-refractivity contribution < 1.29 is 14.4 Å². The summed E-state index contributed by atoms with van der Waals surface area (Å²) >= 11 is 0. The number of hydrogen-bond donors (Lipinski definition) is 0. The van der Waals surface area contributed by atoms with Crippen molar-refractivity contribution in [1.82, 2.24) is 0 Å². The Morgan fingerprint density at radius 1 is 0.604 bits per heavy atom. The average molecular weight is 633 g/mol. The lowest BCUT2D eigenvalue weighted by atomic mass is 9.74. The minimum absolute atomic E-state index is 0.0954. The topological polar surface area (TPSA) is 51.2 Å². The Morgan fingerprint density at radius 3 is 2.15 bits per heavy atom. The summed E-state index contributed by atoms with van der Waals surface area (Å²) in [6, 6.07) is 0. The fourth-order valence-electron chi connectivity index (χ4n) is 7.73. The van der Waals surface area contributed by atoms with Gasteiger partial charge in [-0.2, -0.15) is 0 Å². The van der Waals surface area contributed by atoms with E-state index in [9.17, 15) is 14.4 Å². The summed E-state index contributed by atoms with van der Waals surface area (Å²) in [7, 11) is 0. The Hall–Kier alpha value is -4.63. The second-order valence-electron chi connectivity index (χ2n) is 13.8. The maximum Gasteiger partial charge on any atom is 0.188 e. The van der Waals surface area contributed by atoms with Crippen LogP contribution in [0.5, 0.6) is 0 Å². The lowest BCUT2D eigenvalue weighted by Gasteiger charge is -2.30. The zero-order valence-electron chi connectivity index (χ0n) is 27.7. The molecule has 7 rings (SSSR count). The third kappa shape index (κ3) is 7.11. The first-order valence-corrected chi connectivity index (χ1v) is 17.8. The molecule has 3 heteroatoms. The quantitative estimate of drug-likeness (QED) is 0.238. The van der Waals surface area contributed by atoms with Crippen LogP contribution in [0, 0.1) is 17.8 Å². The highest BCUT2D eigenvalue weighted by Gasteiger charge is 2.28. The van der Waals surface area contributed by atoms with Gasteiger partial charge in [-0.3, -0.25) is 14.4 Å². The van der Waals surface area contributed by atoms with Crippen LogP contribution in [0.25, 0.3) is 0 Å². The Bertz CT molecular complexity index is 1840. The van der Waals surface area contributed by atoms with Gasteiger partial charge in [-0.05, 0) is 98.5 Å². The Balaban J connectivity index is 1.12. The molecule has 0 amide bonds. The van der Waals surface area contributed by atoms with Crippen LogP contribution >= 0.6 is 0 Å². The van der Waals surface area contributed by atoms with Crippen LogP contribution in [0.15, 0.2) is 166 Å². The normalized spacial score (nSPS) is 26.6. The number of allylic oxidation sites excluding steroid dienone is 28. The molecule has 7 aliphatic carbocycles. The monoisotopic (exact) mass is 632 g/mol. The highest BCUT2D eigenvalue weighted by molar-refractivity contribution is 6.11. The molecule has 0 aromatic rings. The van der Waals surface area contributed by atoms with Crippen LogP contribution in [0.3, 0.4) is 0 Å². The lowest BCUT2D eigenvalue weighted by molar-refractivity contribution is -0.118. The molecule has 0 aliphatic heterocycles. The van der Waals surface area contributed by atoms with Gasteiger partial charge in [-0.1, -0.05) is 115 Å². The smallest absolute Gasteiger partial charge is 0.188 e. The van der Waals surface area contributed by atoms with Crippen molar-refractivity contribution >= 4 is 17.3 Å². The van der Waals surface area contributed by atoms with Gasteiger partial charge in [0.2, 0.25) is 0 Å². The van der Waals surface area contributed by atoms with Gasteiger partial charge in [0.05, 0.1) is 0 Å². The van der Waals surface area contributed by atoms with Crippen LogP contribution < -0.4 is 0 Å². The molecular formula is C45H44O3. The van der Waals surface area contributed by atoms with E-state index in [1.807, 2.05) is 30.4 Å². The summed E-state index contributed by atoms with van der Waals surface area (Å²) in [6.07, 6.45) is 49.6. The first kappa shape index (κ1) is 31.9. The van der Waals surface area contributed by atoms with Crippen LogP contribution in [0.4, 0.5) is 0 Å². The highest BCUT2D eigenvalue weighted by Crippen LogP contribution is 2.41. The first-order chi connectivity index (χ1) is 23.5. The zero-order chi connectivity index (χ0) is 32.9. The maximum absolute atomic E-state index is 13.2. The molecule has 0 saturated heterocycles. The third-order valence-corrected chi connectivity index (χ3v) is 10.6. The summed E-state index contributed by atoms with van der Waals surface area (Å²) in [6.45, 7) is 0. The van der Waals surface area contributed by atoms with Crippen LogP contribution in [0.1, 0.15) is 70.6 Å². The van der Waals surface area contributed by atoms with E-state index in [1.54, 1.807) is 0 Å². The van der Waals surface area contributed by atoms with Gasteiger partial charge in [0.1, 0.15) is 0 Å². The molecule has 3 unspecified atom stereocenters. The molecule has 0 aromatic heterocycles. The number of hydrogen-bond acceptors (Lipinski definition) is 3. The van der Waals surface area contributed by atoms with Crippen molar-refractivity contribution in [2.24, 2.45) is 17.8 Å². The van der Waals surface area contributed by atoms with Gasteiger partial charge < -0.3 is 0 Å². The molecule has 0 spiro atoms. The highest BCUT2D eigenvalue weighted by atomic mass is 16.1. The van der Waals surface area contributed by atoms with Gasteiger partial charge in [0.25, 0.3) is 0 Å². The molecular weight excluding hydrogens is 588 g/mol. The number of carbonyl (C=O) groups is 3. The molecule has 3 nitrogen and oxygen atoms in total. The minimum Gasteiger partial charge on any atom is -0.294 e. The van der Waals surface area contributed by atoms with Crippen LogP contribution in [-0.2, 0) is 14.4 Å². The first-order valence-electron chi connectivity index (χ1n) is 17.8. The van der Waals surface area contributed by atoms with Gasteiger partial charge in [-0.25, -0.2) is 0 Å². The van der Waals surface area contributed by atoms with Crippen molar-refractivity contribution in [3.05, 3.63) is 166 Å². The largest absolute Gasteiger partial charge is 0.294 e. The number of rotatable bonds is 9. The van der Waals surface area contributed by atoms with Gasteiger partial charge >= 0.3 is 0 Å². The van der Waals surface area contributed by atoms with E-state index in [0.717, 1.165) is 98.5 Å². The molecule has 7 aliphatic rings. The van der Waals surface area contributed by atoms with E-state index < -0.39 is 0 Å². The number of carbonyl (C=O) groups excluding carboxylic acids is 3. The summed E-state index contributed by atoms with van der Waals surface area (Å²) in [5.41, 5.74) is 9.49. The summed E-state index contributed by atoms with van der Waals surface area (Å²) in [5, 5.41) is 0. The molecule has 0 N–H and O–H groups in total. The second kappa shape index (κ2) is 14.6. The molecule has 48 heavy (non-hydrogen) atoms. The zero-order valence-corrected chi connectivity index (χ0v) is 27.7. The predicted octanol–water partition coefficient (Wildman–Crippen LogP) is 10.0. The van der Waals surface area contributed by atoms with Gasteiger partial charge in [0, 0.05) is 40.0 Å². The third-order valence-electron chi connectivity index (χ3n) is 10.6. The Kier molecular flexibility index (Phi) is 9.75. The fraction of sp³-hybridized carbons (Fsp3) is 0.311. The van der Waals surface area contributed by atoms with Crippen LogP contribution in [0.2, 0.25) is 0 Å². The number of ketones is 3. The minimum atomic E-state index is -0.0954. The molecule has 0 aromatic carbocycles. The Labute approximate surface area is 285 Å². The van der Waals surface area contributed by atoms with E-state index in [1.165, 1.54) is 22.3 Å². The standard InChI is InChI=1S/C45H44O3/c46-43(34-10-4-1-5-11-34)37-22-16-31(17-23-37)40-28-41(32-18-24-38(25-19-32)44(47)35-12-6-2-7-13-35)30-42(29-40)33-20-26-39(27-21-33)45(48)36-14-8-3-9-15-36/h1-2,4,6,8,10,13-16,18-20,22-24,26,28-29,31,38,41H,3,5,7,9,11-12,17,21,25,27,30H2. The molecule has 0 radical (unpaired) electrons. The van der Waals surface area contributed by atoms with E-state index in [-0.39, 0.29) is 35.1 Å². The summed E-state index contributed by atoms with van der Waals surface area (Å²) in [4.78, 5) is 39.6. The van der Waals surface area contributed by atoms with Gasteiger partial charge in [-0.15, -0.1) is 0 Å². The lowest BCUT2D eigenvalue weighted by Crippen LogP contribution is -2.19. The number of Topliss-reactive ketones (excluding diaryl/α,β-unsaturated/α-hetero) is 3. The van der Waals surface area contributed by atoms with E-state index in [4.69, 9.17) is 0 Å². The SMILES string of the molecule is O=C(C1=CCC(C2=CC(C3=CCC(C(=O)C4=CCC=CC4)C=C3)CC(C3=CC=C(C(=O)C4=CCCC=C4)CC3)=C2)C=C1)C1=CC=CCC1. The second-order valence-corrected chi connectivity index (χ2v) is 13.8. The van der Waals surface area contributed by atoms with Crippen molar-refractivity contribution in [3.8, 4) is 0 Å². The molecule has 242 valence electrons. The molecule has 0 heterocycles. The molecule has 3 atom stereocenters. The summed E-state index contributed by atoms with van der Waals surface area (Å²) < 4.78 is 0. The van der Waals surface area contributed by atoms with E-state index in [0.29, 0.717) is 0 Å². The predicted molar refractivity (Wildman–Crippen MR) is 195 cm³/mol. The molecule has 0 fully saturated rings.